The zero-order valence-electron chi connectivity index (χ0n) is 37.4. The van der Waals surface area contributed by atoms with Gasteiger partial charge in [0.1, 0.15) is 34.7 Å². The minimum absolute atomic E-state index is 0.0133. The molecular weight excluding hydrogens is 971 g/mol. The minimum atomic E-state index is -1.07. The molecule has 1 saturated heterocycles. The molecule has 6 rings (SSSR count). The van der Waals surface area contributed by atoms with Crippen molar-refractivity contribution in [3.8, 4) is 11.1 Å². The monoisotopic (exact) mass is 1020 g/mol. The largest absolute Gasteiger partial charge is 0.495 e. The highest BCUT2D eigenvalue weighted by Gasteiger charge is 2.51. The number of amides is 4. The summed E-state index contributed by atoms with van der Waals surface area (Å²) in [6.45, 7) is 10.9. The fraction of sp³-hybridized carbons (Fsp3) is 0.286. The summed E-state index contributed by atoms with van der Waals surface area (Å²) in [5, 5.41) is 13.8. The van der Waals surface area contributed by atoms with E-state index in [2.05, 4.69) is 67.4 Å². The Morgan fingerprint density at radius 2 is 1.03 bits per heavy atom. The number of carbonyl (C=O) groups excluding carboxylic acids is 4. The molecule has 5 aromatic rings. The Kier molecular flexibility index (Phi) is 18.6. The number of aromatic carboxylic acids is 1. The van der Waals surface area contributed by atoms with Crippen molar-refractivity contribution in [2.24, 2.45) is 0 Å². The number of pyridine rings is 5. The van der Waals surface area contributed by atoms with Gasteiger partial charge in [0.2, 0.25) is 11.8 Å². The average Bonchev–Trinajstić information content (AvgIpc) is 3.45. The molecule has 0 unspecified atom stereocenters. The standard InChI is InChI=1S/C15H17N5O2.C13H19BN2O3.C8H10BrN3O.C6H5BrN2O2/c1-9(21)19-13-7-10(4-5-17-13)11-6-12(14(16)18-8-11)15(22)20(2)3;1-9(17)16-11-8-10(6-7-15-11)14-18-12(2,3)13(4,5)19-14;1-12(2)8(13)6-3-5(9)4-11-7(6)10;7-3-1-4(6(10)11)5(8)9-2-3/h4-8H,1-3H3,(H2,16,18)(H,17,19,21);6-8H,1-5H3,(H,15,16,17);3-4H,1-2H3,(H2,10,11);1-2H,(H2,8,9)(H,10,11). The van der Waals surface area contributed by atoms with Crippen molar-refractivity contribution in [2.75, 3.05) is 56.0 Å². The lowest BCUT2D eigenvalue weighted by Gasteiger charge is -2.32. The maximum Gasteiger partial charge on any atom is 0.495 e. The predicted molar refractivity (Wildman–Crippen MR) is 256 cm³/mol. The number of nitrogens with zero attached hydrogens (tertiary/aromatic N) is 7. The van der Waals surface area contributed by atoms with Crippen molar-refractivity contribution in [1.82, 2.24) is 34.7 Å². The SMILES string of the molecule is CC(=O)Nc1cc(-c2cnc(N)c(C(=O)N(C)C)c2)ccn1.CC(=O)Nc1cc(B2OC(C)(C)C(C)(C)O2)ccn1.CN(C)C(=O)c1cc(Br)cnc1N.Nc1ncc(Br)cc1C(=O)O. The molecule has 5 aromatic heterocycles. The van der Waals surface area contributed by atoms with E-state index in [4.69, 9.17) is 31.6 Å². The third-order valence-electron chi connectivity index (χ3n) is 9.20. The first-order chi connectivity index (χ1) is 30.2. The van der Waals surface area contributed by atoms with Gasteiger partial charge >= 0.3 is 13.1 Å². The molecule has 23 heteroatoms. The molecule has 344 valence electrons. The van der Waals surface area contributed by atoms with Crippen LogP contribution in [-0.2, 0) is 18.9 Å². The van der Waals surface area contributed by atoms with E-state index in [1.807, 2.05) is 33.8 Å². The number of nitrogens with two attached hydrogens (primary N) is 3. The van der Waals surface area contributed by atoms with Crippen LogP contribution in [0.4, 0.5) is 29.1 Å². The molecule has 1 aliphatic rings. The minimum Gasteiger partial charge on any atom is -0.478 e. The van der Waals surface area contributed by atoms with Gasteiger partial charge in [0.15, 0.2) is 0 Å². The zero-order chi connectivity index (χ0) is 49.0. The topological polar surface area (TPSA) is 297 Å². The van der Waals surface area contributed by atoms with E-state index in [0.717, 1.165) is 15.5 Å². The first-order valence-electron chi connectivity index (χ1n) is 19.3. The van der Waals surface area contributed by atoms with Crippen LogP contribution in [0.1, 0.15) is 72.6 Å². The van der Waals surface area contributed by atoms with Crippen LogP contribution in [0.15, 0.2) is 82.4 Å². The molecule has 4 amide bonds. The molecular formula is C42H51BBr2N12O8. The highest BCUT2D eigenvalue weighted by Crippen LogP contribution is 2.36. The smallest absolute Gasteiger partial charge is 0.478 e. The van der Waals surface area contributed by atoms with Crippen LogP contribution in [0, 0.1) is 0 Å². The summed E-state index contributed by atoms with van der Waals surface area (Å²) in [7, 11) is 6.19. The lowest BCUT2D eigenvalue weighted by Crippen LogP contribution is -2.41. The van der Waals surface area contributed by atoms with E-state index in [0.29, 0.717) is 32.8 Å². The number of hydrogen-bond donors (Lipinski definition) is 6. The van der Waals surface area contributed by atoms with Gasteiger partial charge in [0, 0.05) is 87.5 Å². The van der Waals surface area contributed by atoms with Crippen LogP contribution >= 0.6 is 31.9 Å². The number of anilines is 5. The summed E-state index contributed by atoms with van der Waals surface area (Å²) in [5.74, 6) is -0.407. The van der Waals surface area contributed by atoms with Gasteiger partial charge in [-0.15, -0.1) is 0 Å². The van der Waals surface area contributed by atoms with Gasteiger partial charge in [0.05, 0.1) is 22.3 Å². The molecule has 0 bridgehead atoms. The Hall–Kier alpha value is -6.56. The molecule has 65 heavy (non-hydrogen) atoms. The molecule has 0 saturated carbocycles. The second-order valence-electron chi connectivity index (χ2n) is 15.4. The maximum absolute atomic E-state index is 12.1. The molecule has 0 aliphatic carbocycles. The van der Waals surface area contributed by atoms with Gasteiger partial charge in [0.25, 0.3) is 11.8 Å². The number of rotatable bonds is 7. The Bertz CT molecular complexity index is 2530. The Balaban J connectivity index is 0.000000238. The van der Waals surface area contributed by atoms with E-state index >= 15 is 0 Å². The van der Waals surface area contributed by atoms with Crippen molar-refractivity contribution in [3.05, 3.63) is 99.1 Å². The highest BCUT2D eigenvalue weighted by atomic mass is 79.9. The number of aromatic nitrogens is 5. The molecule has 6 heterocycles. The molecule has 0 aromatic carbocycles. The third kappa shape index (κ3) is 15.3. The van der Waals surface area contributed by atoms with Crippen LogP contribution in [0.5, 0.6) is 0 Å². The fourth-order valence-electron chi connectivity index (χ4n) is 5.21. The summed E-state index contributed by atoms with van der Waals surface area (Å²) >= 11 is 6.31. The van der Waals surface area contributed by atoms with Crippen LogP contribution < -0.4 is 33.3 Å². The van der Waals surface area contributed by atoms with Gasteiger partial charge < -0.3 is 52.0 Å². The van der Waals surface area contributed by atoms with Crippen molar-refractivity contribution < 1.29 is 38.4 Å². The lowest BCUT2D eigenvalue weighted by molar-refractivity contribution is -0.115. The van der Waals surface area contributed by atoms with Crippen LogP contribution in [0.25, 0.3) is 11.1 Å². The summed E-state index contributed by atoms with van der Waals surface area (Å²) in [4.78, 5) is 78.8. The van der Waals surface area contributed by atoms with Crippen molar-refractivity contribution in [1.29, 1.82) is 0 Å². The Morgan fingerprint density at radius 1 is 0.615 bits per heavy atom. The van der Waals surface area contributed by atoms with Crippen molar-refractivity contribution >= 4 is 103 Å². The van der Waals surface area contributed by atoms with E-state index in [1.54, 1.807) is 83.3 Å². The molecule has 0 spiro atoms. The van der Waals surface area contributed by atoms with E-state index in [9.17, 15) is 24.0 Å². The second-order valence-corrected chi connectivity index (χ2v) is 17.2. The third-order valence-corrected chi connectivity index (χ3v) is 10.1. The Morgan fingerprint density at radius 3 is 1.48 bits per heavy atom. The number of carbonyl (C=O) groups is 5. The van der Waals surface area contributed by atoms with Crippen molar-refractivity contribution in [2.45, 2.75) is 52.7 Å². The summed E-state index contributed by atoms with van der Waals surface area (Å²) < 4.78 is 13.2. The number of halogens is 2. The number of nitrogens with one attached hydrogen (secondary N) is 2. The number of carboxylic acid groups (broad SMARTS) is 1. The van der Waals surface area contributed by atoms with Crippen molar-refractivity contribution in [3.63, 3.8) is 0 Å². The first-order valence-corrected chi connectivity index (χ1v) is 20.9. The number of nitrogen functional groups attached to an aromatic ring is 3. The predicted octanol–water partition coefficient (Wildman–Crippen LogP) is 4.98. The summed E-state index contributed by atoms with van der Waals surface area (Å²) in [6, 6.07) is 11.8. The van der Waals surface area contributed by atoms with Crippen LogP contribution in [0.2, 0.25) is 0 Å². The van der Waals surface area contributed by atoms with E-state index in [-0.39, 0.29) is 57.8 Å². The van der Waals surface area contributed by atoms with Gasteiger partial charge in [-0.25, -0.2) is 29.7 Å². The molecule has 9 N–H and O–H groups in total. The summed E-state index contributed by atoms with van der Waals surface area (Å²) in [5.41, 5.74) is 18.9. The van der Waals surface area contributed by atoms with Gasteiger partial charge in [-0.05, 0) is 113 Å². The van der Waals surface area contributed by atoms with E-state index < -0.39 is 13.1 Å². The van der Waals surface area contributed by atoms with Gasteiger partial charge in [-0.3, -0.25) is 19.2 Å². The number of hydrogen-bond acceptors (Lipinski definition) is 15. The quantitative estimate of drug-likeness (QED) is 0.117. The average molecular weight is 1020 g/mol. The van der Waals surface area contributed by atoms with Gasteiger partial charge in [-0.2, -0.15) is 0 Å². The highest BCUT2D eigenvalue weighted by molar-refractivity contribution is 9.10. The van der Waals surface area contributed by atoms with Crippen LogP contribution in [-0.4, -0.2) is 116 Å². The molecule has 0 radical (unpaired) electrons. The van der Waals surface area contributed by atoms with Crippen LogP contribution in [0.3, 0.4) is 0 Å². The molecule has 20 nitrogen and oxygen atoms in total. The number of carboxylic acids is 1. The second kappa shape index (κ2) is 22.9. The molecule has 1 fully saturated rings. The first kappa shape index (κ1) is 52.8. The summed E-state index contributed by atoms with van der Waals surface area (Å²) in [6.07, 6.45) is 7.79. The van der Waals surface area contributed by atoms with Gasteiger partial charge in [-0.1, -0.05) is 0 Å². The lowest BCUT2D eigenvalue weighted by atomic mass is 9.80. The zero-order valence-corrected chi connectivity index (χ0v) is 40.6. The van der Waals surface area contributed by atoms with E-state index in [1.165, 1.54) is 35.9 Å². The molecule has 0 atom stereocenters. The normalized spacial score (nSPS) is 13.0. The Labute approximate surface area is 393 Å². The fourth-order valence-corrected chi connectivity index (χ4v) is 5.87. The maximum atomic E-state index is 12.1. The molecule has 1 aliphatic heterocycles.